The Labute approximate surface area is 174 Å². The number of pyridine rings is 1. The van der Waals surface area contributed by atoms with Crippen molar-refractivity contribution in [2.24, 2.45) is 0 Å². The number of hydrogen-bond donors (Lipinski definition) is 0. The van der Waals surface area contributed by atoms with Gasteiger partial charge in [0.25, 0.3) is 5.56 Å². The van der Waals surface area contributed by atoms with Crippen molar-refractivity contribution in [2.75, 3.05) is 7.11 Å². The first-order valence-corrected chi connectivity index (χ1v) is 9.64. The molecule has 28 heavy (non-hydrogen) atoms. The van der Waals surface area contributed by atoms with Crippen LogP contribution in [0.15, 0.2) is 59.4 Å². The summed E-state index contributed by atoms with van der Waals surface area (Å²) in [5, 5.41) is 0.485. The maximum Gasteiger partial charge on any atom is 0.269 e. The van der Waals surface area contributed by atoms with Gasteiger partial charge in [-0.1, -0.05) is 65.2 Å². The van der Waals surface area contributed by atoms with Crippen LogP contribution >= 0.6 is 23.2 Å². The van der Waals surface area contributed by atoms with Crippen molar-refractivity contribution in [2.45, 2.75) is 26.5 Å². The molecule has 0 saturated heterocycles. The number of benzene rings is 2. The third-order valence-corrected chi connectivity index (χ3v) is 5.08. The lowest BCUT2D eigenvalue weighted by Gasteiger charge is -2.17. The van der Waals surface area contributed by atoms with Gasteiger partial charge in [-0.25, -0.2) is 0 Å². The molecule has 146 valence electrons. The SMILES string of the molecule is COc1ccccc1OCc1c(Cl)cc(Cl)c(=O)n1CCc1ccc(C)cc1. The molecule has 0 radical (unpaired) electrons. The molecule has 0 bridgehead atoms. The Hall–Kier alpha value is -2.43. The smallest absolute Gasteiger partial charge is 0.269 e. The van der Waals surface area contributed by atoms with Gasteiger partial charge in [0.05, 0.1) is 17.8 Å². The van der Waals surface area contributed by atoms with Crippen LogP contribution in [0.1, 0.15) is 16.8 Å². The van der Waals surface area contributed by atoms with E-state index in [0.29, 0.717) is 35.2 Å². The van der Waals surface area contributed by atoms with E-state index in [0.717, 1.165) is 5.56 Å². The molecule has 6 heteroatoms. The zero-order chi connectivity index (χ0) is 20.1. The van der Waals surface area contributed by atoms with E-state index in [1.165, 1.54) is 11.6 Å². The van der Waals surface area contributed by atoms with Crippen molar-refractivity contribution in [1.29, 1.82) is 0 Å². The summed E-state index contributed by atoms with van der Waals surface area (Å²) in [5.74, 6) is 1.19. The van der Waals surface area contributed by atoms with Crippen LogP contribution in [0.3, 0.4) is 0 Å². The van der Waals surface area contributed by atoms with Crippen LogP contribution in [0.5, 0.6) is 11.5 Å². The highest BCUT2D eigenvalue weighted by atomic mass is 35.5. The van der Waals surface area contributed by atoms with Gasteiger partial charge in [-0.3, -0.25) is 4.79 Å². The molecule has 0 amide bonds. The molecule has 3 aromatic rings. The molecule has 0 spiro atoms. The molecule has 4 nitrogen and oxygen atoms in total. The Morgan fingerprint density at radius 3 is 2.32 bits per heavy atom. The summed E-state index contributed by atoms with van der Waals surface area (Å²) in [4.78, 5) is 12.6. The van der Waals surface area contributed by atoms with E-state index in [1.807, 2.05) is 25.1 Å². The second-order valence-corrected chi connectivity index (χ2v) is 7.23. The lowest BCUT2D eigenvalue weighted by atomic mass is 10.1. The number of methoxy groups -OCH3 is 1. The van der Waals surface area contributed by atoms with E-state index in [1.54, 1.807) is 17.7 Å². The van der Waals surface area contributed by atoms with E-state index in [9.17, 15) is 4.79 Å². The zero-order valence-electron chi connectivity index (χ0n) is 15.7. The Morgan fingerprint density at radius 2 is 1.64 bits per heavy atom. The lowest BCUT2D eigenvalue weighted by molar-refractivity contribution is 0.274. The lowest BCUT2D eigenvalue weighted by Crippen LogP contribution is -2.26. The molecule has 0 aliphatic carbocycles. The fourth-order valence-electron chi connectivity index (χ4n) is 2.90. The van der Waals surface area contributed by atoms with Crippen LogP contribution in [-0.2, 0) is 19.6 Å². The highest BCUT2D eigenvalue weighted by Crippen LogP contribution is 2.28. The Kier molecular flexibility index (Phi) is 6.65. The Bertz CT molecular complexity index is 1010. The summed E-state index contributed by atoms with van der Waals surface area (Å²) in [6, 6.07) is 17.0. The van der Waals surface area contributed by atoms with Gasteiger partial charge in [-0.05, 0) is 37.1 Å². The predicted octanol–water partition coefficient (Wildman–Crippen LogP) is 5.29. The van der Waals surface area contributed by atoms with Crippen molar-refractivity contribution >= 4 is 23.2 Å². The number of nitrogens with zero attached hydrogens (tertiary/aromatic N) is 1. The van der Waals surface area contributed by atoms with Crippen LogP contribution in [-0.4, -0.2) is 11.7 Å². The normalized spacial score (nSPS) is 10.7. The fraction of sp³-hybridized carbons (Fsp3) is 0.227. The van der Waals surface area contributed by atoms with Gasteiger partial charge >= 0.3 is 0 Å². The summed E-state index contributed by atoms with van der Waals surface area (Å²) in [5.41, 5.74) is 2.62. The quantitative estimate of drug-likeness (QED) is 0.523. The summed E-state index contributed by atoms with van der Waals surface area (Å²) >= 11 is 12.5. The van der Waals surface area contributed by atoms with Crippen molar-refractivity contribution in [3.63, 3.8) is 0 Å². The number of rotatable bonds is 7. The number of hydrogen-bond acceptors (Lipinski definition) is 3. The van der Waals surface area contributed by atoms with Crippen LogP contribution in [0.4, 0.5) is 0 Å². The molecule has 0 N–H and O–H groups in total. The zero-order valence-corrected chi connectivity index (χ0v) is 17.3. The van der Waals surface area contributed by atoms with Gasteiger partial charge in [-0.2, -0.15) is 0 Å². The van der Waals surface area contributed by atoms with Crippen LogP contribution in [0.25, 0.3) is 0 Å². The molecule has 1 heterocycles. The number of aromatic nitrogens is 1. The van der Waals surface area contributed by atoms with Gasteiger partial charge in [0.2, 0.25) is 0 Å². The molecule has 0 unspecified atom stereocenters. The van der Waals surface area contributed by atoms with Crippen molar-refractivity contribution in [3.8, 4) is 11.5 Å². The summed E-state index contributed by atoms with van der Waals surface area (Å²) in [7, 11) is 1.58. The number of halogens is 2. The highest BCUT2D eigenvalue weighted by Gasteiger charge is 2.14. The van der Waals surface area contributed by atoms with Crippen LogP contribution in [0, 0.1) is 6.92 Å². The minimum atomic E-state index is -0.281. The third-order valence-electron chi connectivity index (χ3n) is 4.48. The van der Waals surface area contributed by atoms with Crippen molar-refractivity contribution < 1.29 is 9.47 Å². The average Bonchev–Trinajstić information content (AvgIpc) is 2.70. The topological polar surface area (TPSA) is 40.5 Å². The fourth-order valence-corrected chi connectivity index (χ4v) is 3.43. The molecule has 0 atom stereocenters. The summed E-state index contributed by atoms with van der Waals surface area (Å²) in [6.45, 7) is 2.62. The Balaban J connectivity index is 1.86. The predicted molar refractivity (Wildman–Crippen MR) is 113 cm³/mol. The van der Waals surface area contributed by atoms with Crippen molar-refractivity contribution in [1.82, 2.24) is 4.57 Å². The molecule has 1 aromatic heterocycles. The second-order valence-electron chi connectivity index (χ2n) is 6.42. The minimum absolute atomic E-state index is 0.0925. The number of ether oxygens (including phenoxy) is 2. The molecule has 3 rings (SSSR count). The molecule has 0 aliphatic rings. The first-order valence-electron chi connectivity index (χ1n) is 8.88. The number of aryl methyl sites for hydroxylation is 2. The minimum Gasteiger partial charge on any atom is -0.493 e. The van der Waals surface area contributed by atoms with Crippen LogP contribution < -0.4 is 15.0 Å². The molecule has 0 saturated carbocycles. The average molecular weight is 418 g/mol. The first-order chi connectivity index (χ1) is 13.5. The first kappa shape index (κ1) is 20.3. The van der Waals surface area contributed by atoms with Gasteiger partial charge < -0.3 is 14.0 Å². The summed E-state index contributed by atoms with van der Waals surface area (Å²) in [6.07, 6.45) is 0.679. The molecule has 2 aromatic carbocycles. The van der Waals surface area contributed by atoms with Gasteiger partial charge in [0.1, 0.15) is 11.6 Å². The van der Waals surface area contributed by atoms with E-state index < -0.39 is 0 Å². The standard InChI is InChI=1S/C22H21Cl2NO3/c1-15-7-9-16(10-8-15)11-12-25-19(17(23)13-18(24)22(25)26)14-28-21-6-4-3-5-20(21)27-2/h3-10,13H,11-12,14H2,1-2H3. The Morgan fingerprint density at radius 1 is 0.964 bits per heavy atom. The van der Waals surface area contributed by atoms with Gasteiger partial charge in [0, 0.05) is 6.54 Å². The third kappa shape index (κ3) is 4.70. The van der Waals surface area contributed by atoms with E-state index in [2.05, 4.69) is 24.3 Å². The maximum atomic E-state index is 12.6. The van der Waals surface area contributed by atoms with E-state index in [-0.39, 0.29) is 17.2 Å². The number of para-hydroxylation sites is 2. The monoisotopic (exact) mass is 417 g/mol. The van der Waals surface area contributed by atoms with Crippen LogP contribution in [0.2, 0.25) is 10.0 Å². The van der Waals surface area contributed by atoms with Crippen molar-refractivity contribution in [3.05, 3.63) is 91.8 Å². The summed E-state index contributed by atoms with van der Waals surface area (Å²) < 4.78 is 12.8. The van der Waals surface area contributed by atoms with E-state index in [4.69, 9.17) is 32.7 Å². The molecule has 0 fully saturated rings. The molecule has 0 aliphatic heterocycles. The second kappa shape index (κ2) is 9.18. The van der Waals surface area contributed by atoms with Gasteiger partial charge in [0.15, 0.2) is 11.5 Å². The highest BCUT2D eigenvalue weighted by molar-refractivity contribution is 6.34. The largest absolute Gasteiger partial charge is 0.493 e. The van der Waals surface area contributed by atoms with Gasteiger partial charge in [-0.15, -0.1) is 0 Å². The maximum absolute atomic E-state index is 12.6. The van der Waals surface area contributed by atoms with E-state index >= 15 is 0 Å². The molecular weight excluding hydrogens is 397 g/mol. The molecular formula is C22H21Cl2NO3.